The molecule has 0 saturated heterocycles. The third kappa shape index (κ3) is 4.16. The molecule has 2 aromatic carbocycles. The van der Waals surface area contributed by atoms with Crippen LogP contribution in [0.5, 0.6) is 0 Å². The molecule has 0 bridgehead atoms. The second kappa shape index (κ2) is 8.03. The molecule has 3 N–H and O–H groups in total. The van der Waals surface area contributed by atoms with E-state index in [-0.39, 0.29) is 30.2 Å². The minimum absolute atomic E-state index is 0.0372. The van der Waals surface area contributed by atoms with Crippen LogP contribution in [0.2, 0.25) is 0 Å². The van der Waals surface area contributed by atoms with Gasteiger partial charge in [-0.1, -0.05) is 37.3 Å². The van der Waals surface area contributed by atoms with Crippen molar-refractivity contribution in [3.8, 4) is 0 Å². The number of amides is 3. The van der Waals surface area contributed by atoms with Gasteiger partial charge in [0.25, 0.3) is 5.91 Å². The number of anilines is 2. The standard InChI is InChI=1S/C21H23N3O3/c1-3-13(2)22-20(26)15-9-5-7-11-18(15)24-21(27)16-12-19(25)23-17-10-6-4-8-14(16)17/h4-11,13,16H,3,12H2,1-2H3,(H,22,26)(H,23,25)(H,24,27). The van der Waals surface area contributed by atoms with E-state index in [2.05, 4.69) is 16.0 Å². The van der Waals surface area contributed by atoms with Crippen LogP contribution in [0.3, 0.4) is 0 Å². The lowest BCUT2D eigenvalue weighted by Gasteiger charge is -2.25. The highest BCUT2D eigenvalue weighted by Crippen LogP contribution is 2.33. The second-order valence-electron chi connectivity index (χ2n) is 6.71. The van der Waals surface area contributed by atoms with Gasteiger partial charge in [0.2, 0.25) is 11.8 Å². The van der Waals surface area contributed by atoms with Crippen LogP contribution >= 0.6 is 0 Å². The summed E-state index contributed by atoms with van der Waals surface area (Å²) in [4.78, 5) is 37.4. The van der Waals surface area contributed by atoms with Crippen molar-refractivity contribution in [1.29, 1.82) is 0 Å². The topological polar surface area (TPSA) is 87.3 Å². The van der Waals surface area contributed by atoms with Crippen molar-refractivity contribution in [1.82, 2.24) is 5.32 Å². The molecule has 6 nitrogen and oxygen atoms in total. The summed E-state index contributed by atoms with van der Waals surface area (Å²) >= 11 is 0. The number of hydrogen-bond acceptors (Lipinski definition) is 3. The number of para-hydroxylation sites is 2. The van der Waals surface area contributed by atoms with E-state index in [1.807, 2.05) is 32.0 Å². The maximum Gasteiger partial charge on any atom is 0.253 e. The van der Waals surface area contributed by atoms with Gasteiger partial charge in [0.1, 0.15) is 0 Å². The Balaban J connectivity index is 1.83. The molecule has 6 heteroatoms. The third-order valence-corrected chi connectivity index (χ3v) is 4.74. The molecule has 0 saturated carbocycles. The predicted octanol–water partition coefficient (Wildman–Crippen LogP) is 3.28. The van der Waals surface area contributed by atoms with Crippen LogP contribution in [0.1, 0.15) is 48.5 Å². The maximum atomic E-state index is 12.9. The minimum Gasteiger partial charge on any atom is -0.350 e. The zero-order valence-electron chi connectivity index (χ0n) is 15.4. The number of benzene rings is 2. The Kier molecular flexibility index (Phi) is 5.54. The molecule has 1 aliphatic rings. The molecule has 3 amide bonds. The lowest BCUT2D eigenvalue weighted by molar-refractivity contribution is -0.123. The zero-order valence-corrected chi connectivity index (χ0v) is 15.4. The van der Waals surface area contributed by atoms with Crippen LogP contribution in [0.15, 0.2) is 48.5 Å². The third-order valence-electron chi connectivity index (χ3n) is 4.74. The molecule has 3 rings (SSSR count). The van der Waals surface area contributed by atoms with Crippen molar-refractivity contribution in [2.45, 2.75) is 38.6 Å². The first-order chi connectivity index (χ1) is 13.0. The van der Waals surface area contributed by atoms with Crippen molar-refractivity contribution in [3.05, 3.63) is 59.7 Å². The largest absolute Gasteiger partial charge is 0.350 e. The lowest BCUT2D eigenvalue weighted by Crippen LogP contribution is -2.34. The molecule has 2 unspecified atom stereocenters. The Morgan fingerprint density at radius 3 is 2.63 bits per heavy atom. The SMILES string of the molecule is CCC(C)NC(=O)c1ccccc1NC(=O)C1CC(=O)Nc2ccccc21. The Bertz CT molecular complexity index is 878. The highest BCUT2D eigenvalue weighted by Gasteiger charge is 2.31. The Hall–Kier alpha value is -3.15. The normalized spacial score (nSPS) is 16.7. The Labute approximate surface area is 158 Å². The summed E-state index contributed by atoms with van der Waals surface area (Å²) in [5.74, 6) is -1.33. The van der Waals surface area contributed by atoms with Gasteiger partial charge in [-0.15, -0.1) is 0 Å². The number of carbonyl (C=O) groups is 3. The van der Waals surface area contributed by atoms with Gasteiger partial charge >= 0.3 is 0 Å². The molecule has 140 valence electrons. The van der Waals surface area contributed by atoms with E-state index >= 15 is 0 Å². The summed E-state index contributed by atoms with van der Waals surface area (Å²) in [6, 6.07) is 14.2. The molecule has 0 radical (unpaired) electrons. The molecule has 2 atom stereocenters. The number of fused-ring (bicyclic) bond motifs is 1. The van der Waals surface area contributed by atoms with E-state index in [9.17, 15) is 14.4 Å². The second-order valence-corrected chi connectivity index (χ2v) is 6.71. The summed E-state index contributed by atoms with van der Waals surface area (Å²) in [6.07, 6.45) is 0.887. The van der Waals surface area contributed by atoms with Crippen LogP contribution in [0.4, 0.5) is 11.4 Å². The number of rotatable bonds is 5. The smallest absolute Gasteiger partial charge is 0.253 e. The highest BCUT2D eigenvalue weighted by molar-refractivity contribution is 6.08. The van der Waals surface area contributed by atoms with Gasteiger partial charge in [0.15, 0.2) is 0 Å². The lowest BCUT2D eigenvalue weighted by atomic mass is 9.89. The molecule has 0 aromatic heterocycles. The summed E-state index contributed by atoms with van der Waals surface area (Å²) in [7, 11) is 0. The Morgan fingerprint density at radius 2 is 1.85 bits per heavy atom. The summed E-state index contributed by atoms with van der Waals surface area (Å²) in [6.45, 7) is 3.92. The fourth-order valence-corrected chi connectivity index (χ4v) is 3.06. The Morgan fingerprint density at radius 1 is 1.15 bits per heavy atom. The van der Waals surface area contributed by atoms with Gasteiger partial charge < -0.3 is 16.0 Å². The molecule has 2 aromatic rings. The minimum atomic E-state index is -0.597. The van der Waals surface area contributed by atoms with Gasteiger partial charge in [0.05, 0.1) is 17.2 Å². The van der Waals surface area contributed by atoms with Gasteiger partial charge in [-0.3, -0.25) is 14.4 Å². The van der Waals surface area contributed by atoms with Crippen LogP contribution in [0.25, 0.3) is 0 Å². The van der Waals surface area contributed by atoms with E-state index in [1.54, 1.807) is 30.3 Å². The van der Waals surface area contributed by atoms with Crippen LogP contribution in [-0.4, -0.2) is 23.8 Å². The van der Waals surface area contributed by atoms with Gasteiger partial charge in [-0.25, -0.2) is 0 Å². The zero-order chi connectivity index (χ0) is 19.4. The molecular formula is C21H23N3O3. The molecule has 1 aliphatic heterocycles. The van der Waals surface area contributed by atoms with E-state index in [0.717, 1.165) is 12.0 Å². The van der Waals surface area contributed by atoms with Gasteiger partial charge in [0, 0.05) is 18.2 Å². The predicted molar refractivity (Wildman–Crippen MR) is 105 cm³/mol. The average Bonchev–Trinajstić information content (AvgIpc) is 2.67. The van der Waals surface area contributed by atoms with E-state index in [1.165, 1.54) is 0 Å². The average molecular weight is 365 g/mol. The van der Waals surface area contributed by atoms with Crippen molar-refractivity contribution in [3.63, 3.8) is 0 Å². The number of carbonyl (C=O) groups excluding carboxylic acids is 3. The monoisotopic (exact) mass is 365 g/mol. The van der Waals surface area contributed by atoms with Crippen LogP contribution in [0, 0.1) is 0 Å². The van der Waals surface area contributed by atoms with Crippen molar-refractivity contribution in [2.24, 2.45) is 0 Å². The molecule has 27 heavy (non-hydrogen) atoms. The van der Waals surface area contributed by atoms with Crippen LogP contribution in [-0.2, 0) is 9.59 Å². The van der Waals surface area contributed by atoms with Crippen molar-refractivity contribution in [2.75, 3.05) is 10.6 Å². The quantitative estimate of drug-likeness (QED) is 0.760. The maximum absolute atomic E-state index is 12.9. The number of hydrogen-bond donors (Lipinski definition) is 3. The highest BCUT2D eigenvalue weighted by atomic mass is 16.2. The van der Waals surface area contributed by atoms with Crippen molar-refractivity contribution < 1.29 is 14.4 Å². The fraction of sp³-hybridized carbons (Fsp3) is 0.286. The summed E-state index contributed by atoms with van der Waals surface area (Å²) in [5.41, 5.74) is 2.26. The van der Waals surface area contributed by atoms with Crippen molar-refractivity contribution >= 4 is 29.1 Å². The molecule has 0 aliphatic carbocycles. The van der Waals surface area contributed by atoms with E-state index in [4.69, 9.17) is 0 Å². The fourth-order valence-electron chi connectivity index (χ4n) is 3.06. The van der Waals surface area contributed by atoms with Gasteiger partial charge in [-0.05, 0) is 37.1 Å². The first kappa shape index (κ1) is 18.6. The number of nitrogens with one attached hydrogen (secondary N) is 3. The van der Waals surface area contributed by atoms with E-state index < -0.39 is 5.92 Å². The molecular weight excluding hydrogens is 342 g/mol. The summed E-state index contributed by atoms with van der Waals surface area (Å²) < 4.78 is 0. The van der Waals surface area contributed by atoms with Crippen LogP contribution < -0.4 is 16.0 Å². The van der Waals surface area contributed by atoms with Gasteiger partial charge in [-0.2, -0.15) is 0 Å². The van der Waals surface area contributed by atoms with E-state index in [0.29, 0.717) is 16.9 Å². The molecule has 0 spiro atoms. The first-order valence-electron chi connectivity index (χ1n) is 9.09. The molecule has 0 fully saturated rings. The summed E-state index contributed by atoms with van der Waals surface area (Å²) in [5, 5.41) is 8.52. The first-order valence-corrected chi connectivity index (χ1v) is 9.09. The molecule has 1 heterocycles.